The normalized spacial score (nSPS) is 13.8. The molecule has 0 aliphatic rings. The lowest BCUT2D eigenvalue weighted by atomic mass is 10.2. The first-order valence-corrected chi connectivity index (χ1v) is 7.73. The smallest absolute Gasteiger partial charge is 0.275 e. The summed E-state index contributed by atoms with van der Waals surface area (Å²) >= 11 is 0. The Hall–Kier alpha value is -2.53. The van der Waals surface area contributed by atoms with Gasteiger partial charge in [0.05, 0.1) is 19.4 Å². The van der Waals surface area contributed by atoms with Crippen molar-refractivity contribution in [3.05, 3.63) is 60.2 Å². The van der Waals surface area contributed by atoms with Crippen molar-refractivity contribution in [3.63, 3.8) is 0 Å². The molecule has 23 heavy (non-hydrogen) atoms. The number of hydrogen-bond acceptors (Lipinski definition) is 3. The van der Waals surface area contributed by atoms with Crippen LogP contribution in [0.5, 0.6) is 0 Å². The fourth-order valence-electron chi connectivity index (χ4n) is 2.63. The predicted molar refractivity (Wildman–Crippen MR) is 86.9 cm³/mol. The molecule has 2 aromatic heterocycles. The van der Waals surface area contributed by atoms with Crippen molar-refractivity contribution in [1.82, 2.24) is 5.32 Å². The van der Waals surface area contributed by atoms with Crippen LogP contribution in [0.15, 0.2) is 57.6 Å². The predicted octanol–water partition coefficient (Wildman–Crippen LogP) is 1.92. The van der Waals surface area contributed by atoms with Gasteiger partial charge in [0.15, 0.2) is 12.3 Å². The van der Waals surface area contributed by atoms with Crippen molar-refractivity contribution < 1.29 is 18.5 Å². The molecule has 2 atom stereocenters. The Morgan fingerprint density at radius 3 is 2.83 bits per heavy atom. The van der Waals surface area contributed by atoms with Gasteiger partial charge in [-0.3, -0.25) is 4.79 Å². The molecule has 3 aromatic rings. The Bertz CT molecular complexity index is 744. The van der Waals surface area contributed by atoms with Gasteiger partial charge in [0.25, 0.3) is 5.91 Å². The van der Waals surface area contributed by atoms with E-state index in [1.165, 1.54) is 0 Å². The fraction of sp³-hybridized carbons (Fsp3) is 0.278. The van der Waals surface area contributed by atoms with Crippen molar-refractivity contribution in [1.29, 1.82) is 0 Å². The topological polar surface area (TPSA) is 59.8 Å². The van der Waals surface area contributed by atoms with E-state index >= 15 is 0 Å². The Kier molecular flexibility index (Phi) is 4.48. The Morgan fingerprint density at radius 1 is 1.26 bits per heavy atom. The van der Waals surface area contributed by atoms with Gasteiger partial charge in [-0.25, -0.2) is 0 Å². The van der Waals surface area contributed by atoms with Crippen LogP contribution in [0.25, 0.3) is 11.0 Å². The first-order valence-electron chi connectivity index (χ1n) is 7.73. The van der Waals surface area contributed by atoms with Crippen LogP contribution in [-0.2, 0) is 11.3 Å². The standard InChI is InChI=1S/C18H20N2O3/c1-13(17-10-14-6-3-4-8-16(14)23-17)19-18(21)12-20(2)11-15-7-5-9-22-15/h3-10,13H,11-12H2,1-2H3,(H,19,21)/p+1/t13-/m1/s1. The summed E-state index contributed by atoms with van der Waals surface area (Å²) in [7, 11) is 1.97. The second kappa shape index (κ2) is 6.71. The van der Waals surface area contributed by atoms with Crippen molar-refractivity contribution in [3.8, 4) is 0 Å². The number of benzene rings is 1. The number of amides is 1. The molecule has 5 nitrogen and oxygen atoms in total. The van der Waals surface area contributed by atoms with Crippen LogP contribution in [-0.4, -0.2) is 19.5 Å². The van der Waals surface area contributed by atoms with Gasteiger partial charge in [-0.1, -0.05) is 18.2 Å². The lowest BCUT2D eigenvalue weighted by molar-refractivity contribution is -0.886. The van der Waals surface area contributed by atoms with Crippen LogP contribution in [0.4, 0.5) is 0 Å². The minimum absolute atomic E-state index is 0.0120. The first kappa shape index (κ1) is 15.4. The van der Waals surface area contributed by atoms with E-state index in [0.29, 0.717) is 13.1 Å². The van der Waals surface area contributed by atoms with Crippen LogP contribution in [0.3, 0.4) is 0 Å². The largest absolute Gasteiger partial charge is 0.463 e. The Morgan fingerprint density at radius 2 is 2.09 bits per heavy atom. The Labute approximate surface area is 134 Å². The highest BCUT2D eigenvalue weighted by molar-refractivity contribution is 5.79. The summed E-state index contributed by atoms with van der Waals surface area (Å²) in [5.74, 6) is 1.63. The number of nitrogens with one attached hydrogen (secondary N) is 2. The maximum atomic E-state index is 12.2. The summed E-state index contributed by atoms with van der Waals surface area (Å²) in [5.41, 5.74) is 0.837. The molecule has 2 N–H and O–H groups in total. The number of rotatable bonds is 6. The minimum Gasteiger partial charge on any atom is -0.463 e. The molecule has 1 aromatic carbocycles. The van der Waals surface area contributed by atoms with Crippen LogP contribution in [0.2, 0.25) is 0 Å². The molecular weight excluding hydrogens is 292 g/mol. The molecule has 120 valence electrons. The average Bonchev–Trinajstić information content (AvgIpc) is 3.15. The van der Waals surface area contributed by atoms with Crippen molar-refractivity contribution >= 4 is 16.9 Å². The fourth-order valence-corrected chi connectivity index (χ4v) is 2.63. The van der Waals surface area contributed by atoms with Crippen molar-refractivity contribution in [2.45, 2.75) is 19.5 Å². The number of carbonyl (C=O) groups is 1. The lowest BCUT2D eigenvalue weighted by Gasteiger charge is -2.15. The van der Waals surface area contributed by atoms with Gasteiger partial charge in [-0.2, -0.15) is 0 Å². The van der Waals surface area contributed by atoms with E-state index in [9.17, 15) is 4.79 Å². The molecule has 0 spiro atoms. The molecule has 2 heterocycles. The van der Waals surface area contributed by atoms with E-state index < -0.39 is 0 Å². The summed E-state index contributed by atoms with van der Waals surface area (Å²) in [6, 6.07) is 13.4. The molecular formula is C18H21N2O3+. The monoisotopic (exact) mass is 313 g/mol. The molecule has 0 saturated heterocycles. The zero-order valence-electron chi connectivity index (χ0n) is 13.3. The van der Waals surface area contributed by atoms with E-state index in [4.69, 9.17) is 8.83 Å². The quantitative estimate of drug-likeness (QED) is 0.731. The van der Waals surface area contributed by atoms with Gasteiger partial charge in [0.2, 0.25) is 0 Å². The molecule has 0 aliphatic carbocycles. The van der Waals surface area contributed by atoms with Gasteiger partial charge in [0, 0.05) is 5.39 Å². The highest BCUT2D eigenvalue weighted by atomic mass is 16.3. The molecule has 0 bridgehead atoms. The summed E-state index contributed by atoms with van der Waals surface area (Å²) < 4.78 is 11.1. The number of fused-ring (bicyclic) bond motifs is 1. The van der Waals surface area contributed by atoms with Gasteiger partial charge in [0.1, 0.15) is 17.9 Å². The SMILES string of the molecule is C[C@@H](NC(=O)C[NH+](C)Cc1ccco1)c1cc2ccccc2o1. The number of carbonyl (C=O) groups excluding carboxylic acids is 1. The molecule has 1 unspecified atom stereocenters. The first-order chi connectivity index (χ1) is 11.1. The Balaban J connectivity index is 1.56. The summed E-state index contributed by atoms with van der Waals surface area (Å²) in [5, 5.41) is 4.03. The summed E-state index contributed by atoms with van der Waals surface area (Å²) in [4.78, 5) is 13.2. The number of quaternary nitrogens is 1. The van der Waals surface area contributed by atoms with Crippen LogP contribution >= 0.6 is 0 Å². The van der Waals surface area contributed by atoms with Gasteiger partial charge < -0.3 is 19.1 Å². The molecule has 1 amide bonds. The lowest BCUT2D eigenvalue weighted by Crippen LogP contribution is -3.08. The third-order valence-corrected chi connectivity index (χ3v) is 3.77. The van der Waals surface area contributed by atoms with Crippen molar-refractivity contribution in [2.24, 2.45) is 0 Å². The molecule has 0 saturated carbocycles. The number of likely N-dealkylation sites (N-methyl/N-ethyl adjacent to an activating group) is 1. The van der Waals surface area contributed by atoms with E-state index in [0.717, 1.165) is 27.4 Å². The highest BCUT2D eigenvalue weighted by Gasteiger charge is 2.17. The van der Waals surface area contributed by atoms with Gasteiger partial charge in [-0.15, -0.1) is 0 Å². The number of furan rings is 2. The zero-order valence-corrected chi connectivity index (χ0v) is 13.3. The van der Waals surface area contributed by atoms with Crippen LogP contribution < -0.4 is 10.2 Å². The van der Waals surface area contributed by atoms with E-state index in [1.807, 2.05) is 56.4 Å². The third kappa shape index (κ3) is 3.81. The second-order valence-corrected chi connectivity index (χ2v) is 5.87. The number of hydrogen-bond donors (Lipinski definition) is 2. The molecule has 0 radical (unpaired) electrons. The maximum absolute atomic E-state index is 12.2. The molecule has 0 fully saturated rings. The second-order valence-electron chi connectivity index (χ2n) is 5.87. The van der Waals surface area contributed by atoms with Gasteiger partial charge >= 0.3 is 0 Å². The highest BCUT2D eigenvalue weighted by Crippen LogP contribution is 2.23. The summed E-state index contributed by atoms with van der Waals surface area (Å²) in [6.07, 6.45) is 1.65. The van der Waals surface area contributed by atoms with E-state index in [1.54, 1.807) is 6.26 Å². The van der Waals surface area contributed by atoms with E-state index in [2.05, 4.69) is 5.32 Å². The number of para-hydroxylation sites is 1. The maximum Gasteiger partial charge on any atom is 0.275 e. The van der Waals surface area contributed by atoms with Crippen molar-refractivity contribution in [2.75, 3.05) is 13.6 Å². The summed E-state index contributed by atoms with van der Waals surface area (Å²) in [6.45, 7) is 2.99. The molecule has 0 aliphatic heterocycles. The van der Waals surface area contributed by atoms with Crippen LogP contribution in [0.1, 0.15) is 24.5 Å². The molecule has 5 heteroatoms. The third-order valence-electron chi connectivity index (χ3n) is 3.77. The molecule has 3 rings (SSSR count). The van der Waals surface area contributed by atoms with Crippen LogP contribution in [0, 0.1) is 0 Å². The minimum atomic E-state index is -0.161. The van der Waals surface area contributed by atoms with E-state index in [-0.39, 0.29) is 11.9 Å². The zero-order chi connectivity index (χ0) is 16.2. The average molecular weight is 313 g/mol. The van der Waals surface area contributed by atoms with Gasteiger partial charge in [-0.05, 0) is 31.2 Å².